The zero-order chi connectivity index (χ0) is 16.0. The summed E-state index contributed by atoms with van der Waals surface area (Å²) >= 11 is 0. The summed E-state index contributed by atoms with van der Waals surface area (Å²) in [7, 11) is 0. The normalized spacial score (nSPS) is 12.3. The van der Waals surface area contributed by atoms with E-state index in [2.05, 4.69) is 18.7 Å². The molecule has 0 aromatic rings. The van der Waals surface area contributed by atoms with Gasteiger partial charge in [-0.05, 0) is 26.8 Å². The highest BCUT2D eigenvalue weighted by atomic mass is 16.5. The third kappa shape index (κ3) is 16.0. The van der Waals surface area contributed by atoms with Crippen LogP contribution in [0.1, 0.15) is 40.5 Å². The summed E-state index contributed by atoms with van der Waals surface area (Å²) in [6, 6.07) is 0. The van der Waals surface area contributed by atoms with Gasteiger partial charge in [0.15, 0.2) is 0 Å². The van der Waals surface area contributed by atoms with Crippen LogP contribution in [0.3, 0.4) is 0 Å². The number of aliphatic hydroxyl groups is 1. The fourth-order valence-electron chi connectivity index (χ4n) is 1.88. The lowest BCUT2D eigenvalue weighted by Gasteiger charge is -2.27. The summed E-state index contributed by atoms with van der Waals surface area (Å²) in [6.07, 6.45) is 2.28. The Balaban J connectivity index is 3.31. The van der Waals surface area contributed by atoms with E-state index in [9.17, 15) is 5.11 Å². The van der Waals surface area contributed by atoms with Crippen molar-refractivity contribution in [3.05, 3.63) is 0 Å². The van der Waals surface area contributed by atoms with Crippen LogP contribution >= 0.6 is 0 Å². The highest BCUT2D eigenvalue weighted by Crippen LogP contribution is 2.04. The molecule has 0 amide bonds. The molecule has 0 aliphatic heterocycles. The van der Waals surface area contributed by atoms with E-state index < -0.39 is 5.60 Å². The van der Waals surface area contributed by atoms with Crippen molar-refractivity contribution in [1.29, 1.82) is 0 Å². The fourth-order valence-corrected chi connectivity index (χ4v) is 1.88. The summed E-state index contributed by atoms with van der Waals surface area (Å²) in [5.41, 5.74) is -0.656. The van der Waals surface area contributed by atoms with Crippen molar-refractivity contribution in [2.24, 2.45) is 0 Å². The number of ether oxygens (including phenoxy) is 3. The lowest BCUT2D eigenvalue weighted by molar-refractivity contribution is 0.000981. The summed E-state index contributed by atoms with van der Waals surface area (Å²) in [5.74, 6) is 0. The summed E-state index contributed by atoms with van der Waals surface area (Å²) in [6.45, 7) is 14.3. The number of hydrogen-bond acceptors (Lipinski definition) is 5. The first-order chi connectivity index (χ1) is 9.99. The molecule has 0 aromatic carbocycles. The predicted molar refractivity (Wildman–Crippen MR) is 85.8 cm³/mol. The quantitative estimate of drug-likeness (QED) is 0.469. The molecule has 0 fully saturated rings. The van der Waals surface area contributed by atoms with E-state index in [0.717, 1.165) is 32.5 Å². The maximum absolute atomic E-state index is 9.78. The molecule has 0 aromatic heterocycles. The van der Waals surface area contributed by atoms with Crippen LogP contribution in [0.5, 0.6) is 0 Å². The molecular formula is C16H35NO4. The highest BCUT2D eigenvalue weighted by molar-refractivity contribution is 4.71. The topological polar surface area (TPSA) is 51.2 Å². The molecule has 0 bridgehead atoms. The monoisotopic (exact) mass is 305 g/mol. The van der Waals surface area contributed by atoms with Crippen molar-refractivity contribution in [3.8, 4) is 0 Å². The molecule has 128 valence electrons. The van der Waals surface area contributed by atoms with E-state index in [-0.39, 0.29) is 0 Å². The fraction of sp³-hybridized carbons (Fsp3) is 1.00. The molecular weight excluding hydrogens is 270 g/mol. The first-order valence-corrected chi connectivity index (χ1v) is 8.17. The largest absolute Gasteiger partial charge is 0.389 e. The number of likely N-dealkylation sites (N-methyl/N-ethyl adjacent to an activating group) is 1. The van der Waals surface area contributed by atoms with Crippen LogP contribution in [0.2, 0.25) is 0 Å². The molecule has 1 N–H and O–H groups in total. The third-order valence-corrected chi connectivity index (χ3v) is 3.00. The molecule has 0 saturated heterocycles. The molecule has 0 rings (SSSR count). The molecule has 5 nitrogen and oxygen atoms in total. The Morgan fingerprint density at radius 2 is 1.38 bits per heavy atom. The van der Waals surface area contributed by atoms with Crippen LogP contribution in [0.25, 0.3) is 0 Å². The van der Waals surface area contributed by atoms with Gasteiger partial charge in [-0.15, -0.1) is 0 Å². The minimum atomic E-state index is -0.656. The van der Waals surface area contributed by atoms with Crippen molar-refractivity contribution in [2.75, 3.05) is 59.3 Å². The highest BCUT2D eigenvalue weighted by Gasteiger charge is 2.16. The van der Waals surface area contributed by atoms with E-state index >= 15 is 0 Å². The van der Waals surface area contributed by atoms with Gasteiger partial charge in [-0.1, -0.05) is 20.3 Å². The Morgan fingerprint density at radius 3 is 1.86 bits per heavy atom. The van der Waals surface area contributed by atoms with Crippen LogP contribution in [0, 0.1) is 0 Å². The van der Waals surface area contributed by atoms with E-state index in [1.54, 1.807) is 0 Å². The van der Waals surface area contributed by atoms with Gasteiger partial charge < -0.3 is 19.3 Å². The third-order valence-electron chi connectivity index (χ3n) is 3.00. The molecule has 0 radical (unpaired) electrons. The standard InChI is InChI=1S/C16H35NO4/c1-5-7-9-19-11-13-21-14-12-20-10-8-17(6-2)15-16(3,4)18/h18H,5-15H2,1-4H3. The van der Waals surface area contributed by atoms with Gasteiger partial charge in [0.1, 0.15) is 0 Å². The van der Waals surface area contributed by atoms with Gasteiger partial charge in [0, 0.05) is 19.7 Å². The minimum absolute atomic E-state index is 0.606. The number of nitrogens with zero attached hydrogens (tertiary/aromatic N) is 1. The average molecular weight is 305 g/mol. The smallest absolute Gasteiger partial charge is 0.0718 e. The zero-order valence-corrected chi connectivity index (χ0v) is 14.4. The Bertz CT molecular complexity index is 219. The van der Waals surface area contributed by atoms with E-state index in [1.165, 1.54) is 0 Å². The molecule has 0 heterocycles. The molecule has 0 aliphatic rings. The van der Waals surface area contributed by atoms with Crippen LogP contribution in [-0.4, -0.2) is 74.9 Å². The second-order valence-corrected chi connectivity index (χ2v) is 5.87. The molecule has 0 aliphatic carbocycles. The Labute approximate surface area is 130 Å². The maximum Gasteiger partial charge on any atom is 0.0718 e. The summed E-state index contributed by atoms with van der Waals surface area (Å²) in [4.78, 5) is 2.18. The first kappa shape index (κ1) is 20.8. The van der Waals surface area contributed by atoms with Gasteiger partial charge in [0.2, 0.25) is 0 Å². The van der Waals surface area contributed by atoms with Crippen molar-refractivity contribution in [1.82, 2.24) is 4.90 Å². The van der Waals surface area contributed by atoms with E-state index in [1.807, 2.05) is 13.8 Å². The van der Waals surface area contributed by atoms with Crippen molar-refractivity contribution in [3.63, 3.8) is 0 Å². The molecule has 5 heteroatoms. The predicted octanol–water partition coefficient (Wildman–Crippen LogP) is 1.93. The summed E-state index contributed by atoms with van der Waals surface area (Å²) in [5, 5.41) is 9.78. The zero-order valence-electron chi connectivity index (χ0n) is 14.4. The molecule has 0 spiro atoms. The maximum atomic E-state index is 9.78. The average Bonchev–Trinajstić information content (AvgIpc) is 2.42. The number of rotatable bonds is 15. The van der Waals surface area contributed by atoms with Crippen LogP contribution in [0.15, 0.2) is 0 Å². The Hall–Kier alpha value is -0.200. The van der Waals surface area contributed by atoms with Gasteiger partial charge in [-0.25, -0.2) is 0 Å². The molecule has 21 heavy (non-hydrogen) atoms. The van der Waals surface area contributed by atoms with Gasteiger partial charge in [-0.2, -0.15) is 0 Å². The molecule has 0 atom stereocenters. The minimum Gasteiger partial charge on any atom is -0.389 e. The lowest BCUT2D eigenvalue weighted by atomic mass is 10.1. The van der Waals surface area contributed by atoms with Crippen molar-refractivity contribution >= 4 is 0 Å². The van der Waals surface area contributed by atoms with Crippen molar-refractivity contribution in [2.45, 2.75) is 46.1 Å². The van der Waals surface area contributed by atoms with Gasteiger partial charge >= 0.3 is 0 Å². The Morgan fingerprint density at radius 1 is 0.857 bits per heavy atom. The first-order valence-electron chi connectivity index (χ1n) is 8.17. The second-order valence-electron chi connectivity index (χ2n) is 5.87. The van der Waals surface area contributed by atoms with Crippen LogP contribution in [-0.2, 0) is 14.2 Å². The summed E-state index contributed by atoms with van der Waals surface area (Å²) < 4.78 is 16.4. The molecule has 0 saturated carbocycles. The van der Waals surface area contributed by atoms with E-state index in [0.29, 0.717) is 39.6 Å². The lowest BCUT2D eigenvalue weighted by Crippen LogP contribution is -2.40. The number of unbranched alkanes of at least 4 members (excludes halogenated alkanes) is 1. The van der Waals surface area contributed by atoms with E-state index in [4.69, 9.17) is 14.2 Å². The number of hydrogen-bond donors (Lipinski definition) is 1. The second kappa shape index (κ2) is 13.5. The van der Waals surface area contributed by atoms with Gasteiger partial charge in [0.25, 0.3) is 0 Å². The van der Waals surface area contributed by atoms with Crippen LogP contribution < -0.4 is 0 Å². The van der Waals surface area contributed by atoms with Crippen molar-refractivity contribution < 1.29 is 19.3 Å². The molecule has 0 unspecified atom stereocenters. The SMILES string of the molecule is CCCCOCCOCCOCCN(CC)CC(C)(C)O. The van der Waals surface area contributed by atoms with Crippen LogP contribution in [0.4, 0.5) is 0 Å². The van der Waals surface area contributed by atoms with Gasteiger partial charge in [-0.3, -0.25) is 4.90 Å². The van der Waals surface area contributed by atoms with Gasteiger partial charge in [0.05, 0.1) is 38.6 Å². The Kier molecular flexibility index (Phi) is 13.3.